The number of rotatable bonds is 13. The third-order valence-corrected chi connectivity index (χ3v) is 8.57. The second-order valence-corrected chi connectivity index (χ2v) is 12.6. The number of benzene rings is 2. The third-order valence-electron chi connectivity index (χ3n) is 8.57. The van der Waals surface area contributed by atoms with E-state index in [-0.39, 0.29) is 61.1 Å². The molecule has 0 unspecified atom stereocenters. The van der Waals surface area contributed by atoms with Crippen LogP contribution in [0.4, 0.5) is 27.5 Å². The van der Waals surface area contributed by atoms with Crippen molar-refractivity contribution in [2.75, 3.05) is 48.4 Å². The molecule has 3 atom stereocenters. The van der Waals surface area contributed by atoms with Crippen LogP contribution in [0.15, 0.2) is 47.0 Å². The molecule has 0 aliphatic carbocycles. The first-order valence-corrected chi connectivity index (χ1v) is 16.5. The van der Waals surface area contributed by atoms with Crippen molar-refractivity contribution in [1.29, 1.82) is 0 Å². The molecule has 14 nitrogen and oxygen atoms in total. The van der Waals surface area contributed by atoms with Gasteiger partial charge in [0, 0.05) is 32.4 Å². The van der Waals surface area contributed by atoms with E-state index in [1.165, 1.54) is 4.90 Å². The Morgan fingerprint density at radius 1 is 1.02 bits per heavy atom. The lowest BCUT2D eigenvalue weighted by molar-refractivity contribution is -0.116. The molecular formula is C35H47N7O7. The number of ether oxygens (including phenoxy) is 1. The van der Waals surface area contributed by atoms with E-state index in [4.69, 9.17) is 15.0 Å². The van der Waals surface area contributed by atoms with Gasteiger partial charge in [-0.25, -0.2) is 4.79 Å². The average molecular weight is 678 g/mol. The minimum absolute atomic E-state index is 0.146. The van der Waals surface area contributed by atoms with Crippen molar-refractivity contribution in [3.63, 3.8) is 0 Å². The third kappa shape index (κ3) is 9.50. The van der Waals surface area contributed by atoms with Gasteiger partial charge < -0.3 is 45.9 Å². The van der Waals surface area contributed by atoms with Crippen LogP contribution in [0.1, 0.15) is 67.8 Å². The van der Waals surface area contributed by atoms with Crippen molar-refractivity contribution in [3.05, 3.63) is 59.5 Å². The number of aromatic nitrogens is 1. The number of fused-ring (bicyclic) bond motifs is 1. The van der Waals surface area contributed by atoms with Gasteiger partial charge in [0.05, 0.1) is 41.8 Å². The van der Waals surface area contributed by atoms with Crippen molar-refractivity contribution in [2.45, 2.75) is 71.9 Å². The second kappa shape index (κ2) is 16.8. The van der Waals surface area contributed by atoms with Crippen LogP contribution in [-0.4, -0.2) is 82.7 Å². The first-order valence-electron chi connectivity index (χ1n) is 16.5. The standard InChI is InChI=1S/C35H47N7O7/c1-21-18-42(22(2)20-43)34(46)25-12-11-15-28(33(25)48-29(21)19-41(5)35(47)39-32-23(3)40-49-24(32)4)38-31(45)17-8-6-7-16-30(44)37-27-14-10-9-13-26(27)36/h9-15,21-22,29,43H,6-8,16-20,36H2,1-5H3,(H,37,44)(H,38,45)(H,39,47)/t21-,22+,29-/m0/s1. The van der Waals surface area contributed by atoms with Crippen LogP contribution in [0, 0.1) is 19.8 Å². The molecule has 0 bridgehead atoms. The summed E-state index contributed by atoms with van der Waals surface area (Å²) in [4.78, 5) is 55.4. The Labute approximate surface area is 286 Å². The predicted octanol–water partition coefficient (Wildman–Crippen LogP) is 4.79. The fourth-order valence-corrected chi connectivity index (χ4v) is 5.56. The summed E-state index contributed by atoms with van der Waals surface area (Å²) in [7, 11) is 1.64. The zero-order valence-corrected chi connectivity index (χ0v) is 28.7. The molecule has 49 heavy (non-hydrogen) atoms. The minimum atomic E-state index is -0.587. The summed E-state index contributed by atoms with van der Waals surface area (Å²) < 4.78 is 11.7. The number of urea groups is 1. The topological polar surface area (TPSA) is 192 Å². The van der Waals surface area contributed by atoms with Crippen molar-refractivity contribution in [1.82, 2.24) is 15.0 Å². The molecule has 0 spiro atoms. The van der Waals surface area contributed by atoms with Crippen molar-refractivity contribution in [2.24, 2.45) is 5.92 Å². The summed E-state index contributed by atoms with van der Waals surface area (Å²) in [5, 5.41) is 22.4. The Hall–Kier alpha value is -5.11. The summed E-state index contributed by atoms with van der Waals surface area (Å²) in [5.41, 5.74) is 8.57. The van der Waals surface area contributed by atoms with Gasteiger partial charge in [-0.1, -0.05) is 36.7 Å². The monoisotopic (exact) mass is 677 g/mol. The Morgan fingerprint density at radius 2 is 1.67 bits per heavy atom. The van der Waals surface area contributed by atoms with Crippen LogP contribution in [-0.2, 0) is 9.59 Å². The van der Waals surface area contributed by atoms with Gasteiger partial charge in [0.25, 0.3) is 5.91 Å². The maximum atomic E-state index is 13.8. The molecule has 5 amide bonds. The van der Waals surface area contributed by atoms with Crippen molar-refractivity contribution < 1.29 is 33.5 Å². The molecule has 14 heteroatoms. The van der Waals surface area contributed by atoms with Crippen LogP contribution in [0.2, 0.25) is 0 Å². The Kier molecular flexibility index (Phi) is 12.6. The molecule has 6 N–H and O–H groups in total. The number of aliphatic hydroxyl groups is 1. The van der Waals surface area contributed by atoms with E-state index in [1.54, 1.807) is 75.2 Å². The largest absolute Gasteiger partial charge is 0.485 e. The maximum absolute atomic E-state index is 13.8. The summed E-state index contributed by atoms with van der Waals surface area (Å²) in [5.74, 6) is -0.335. The number of hydrogen-bond donors (Lipinski definition) is 5. The number of nitrogen functional groups attached to an aromatic ring is 1. The van der Waals surface area contributed by atoms with Crippen LogP contribution in [0.5, 0.6) is 5.75 Å². The highest BCUT2D eigenvalue weighted by molar-refractivity contribution is 6.01. The van der Waals surface area contributed by atoms with E-state index in [0.717, 1.165) is 0 Å². The van der Waals surface area contributed by atoms with Gasteiger partial charge in [-0.15, -0.1) is 0 Å². The smallest absolute Gasteiger partial charge is 0.321 e. The molecule has 1 aromatic heterocycles. The molecule has 264 valence electrons. The second-order valence-electron chi connectivity index (χ2n) is 12.6. The van der Waals surface area contributed by atoms with Gasteiger partial charge in [-0.2, -0.15) is 0 Å². The number of carbonyl (C=O) groups is 4. The zero-order chi connectivity index (χ0) is 35.7. The molecule has 1 aliphatic rings. The van der Waals surface area contributed by atoms with Gasteiger partial charge in [0.2, 0.25) is 11.8 Å². The number of aliphatic hydroxyl groups excluding tert-OH is 1. The first-order chi connectivity index (χ1) is 23.4. The van der Waals surface area contributed by atoms with Gasteiger partial charge in [0.1, 0.15) is 17.5 Å². The molecular weight excluding hydrogens is 630 g/mol. The van der Waals surface area contributed by atoms with Crippen molar-refractivity contribution >= 4 is 46.5 Å². The fourth-order valence-electron chi connectivity index (χ4n) is 5.56. The minimum Gasteiger partial charge on any atom is -0.485 e. The number of nitrogens with zero attached hydrogens (tertiary/aromatic N) is 3. The number of carbonyl (C=O) groups excluding carboxylic acids is 4. The molecule has 2 aromatic carbocycles. The Morgan fingerprint density at radius 3 is 2.31 bits per heavy atom. The van der Waals surface area contributed by atoms with Gasteiger partial charge >= 0.3 is 6.03 Å². The number of aryl methyl sites for hydroxylation is 2. The predicted molar refractivity (Wildman–Crippen MR) is 186 cm³/mol. The number of nitrogens with one attached hydrogen (secondary N) is 3. The molecule has 3 aromatic rings. The highest BCUT2D eigenvalue weighted by atomic mass is 16.5. The normalized spacial score (nSPS) is 16.4. The Balaban J connectivity index is 1.43. The quantitative estimate of drug-likeness (QED) is 0.125. The number of likely N-dealkylation sites (N-methyl/N-ethyl adjacent to an activating group) is 1. The number of amides is 5. The van der Waals surface area contributed by atoms with E-state index < -0.39 is 18.2 Å². The van der Waals surface area contributed by atoms with Crippen LogP contribution < -0.4 is 26.4 Å². The first kappa shape index (κ1) is 36.7. The highest BCUT2D eigenvalue weighted by Crippen LogP contribution is 2.35. The van der Waals surface area contributed by atoms with Gasteiger partial charge in [0.15, 0.2) is 11.5 Å². The average Bonchev–Trinajstić information content (AvgIpc) is 3.39. The lowest BCUT2D eigenvalue weighted by Crippen LogP contribution is -2.50. The van der Waals surface area contributed by atoms with E-state index in [0.29, 0.717) is 59.9 Å². The molecule has 2 heterocycles. The van der Waals surface area contributed by atoms with Gasteiger partial charge in [-0.3, -0.25) is 14.4 Å². The zero-order valence-electron chi connectivity index (χ0n) is 28.7. The van der Waals surface area contributed by atoms with E-state index >= 15 is 0 Å². The Bertz CT molecular complexity index is 1620. The molecule has 0 saturated carbocycles. The summed E-state index contributed by atoms with van der Waals surface area (Å²) in [6, 6.07) is 11.1. The molecule has 0 saturated heterocycles. The molecule has 0 fully saturated rings. The van der Waals surface area contributed by atoms with Gasteiger partial charge in [-0.05, 0) is 57.9 Å². The summed E-state index contributed by atoms with van der Waals surface area (Å²) in [6.07, 6.45) is 1.71. The fraction of sp³-hybridized carbons (Fsp3) is 0.457. The number of hydrogen-bond acceptors (Lipinski definition) is 9. The number of unbranched alkanes of at least 4 members (excludes halogenated alkanes) is 2. The summed E-state index contributed by atoms with van der Waals surface area (Å²) in [6.45, 7) is 7.30. The SMILES string of the molecule is Cc1noc(C)c1NC(=O)N(C)C[C@@H]1Oc2c(NC(=O)CCCCCC(=O)Nc3ccccc3N)cccc2C(=O)N([C@H](C)CO)C[C@@H]1C. The van der Waals surface area contributed by atoms with Crippen LogP contribution in [0.25, 0.3) is 0 Å². The van der Waals surface area contributed by atoms with Crippen LogP contribution >= 0.6 is 0 Å². The molecule has 1 aliphatic heterocycles. The van der Waals surface area contributed by atoms with Crippen LogP contribution in [0.3, 0.4) is 0 Å². The van der Waals surface area contributed by atoms with E-state index in [9.17, 15) is 24.3 Å². The van der Waals surface area contributed by atoms with Crippen molar-refractivity contribution in [3.8, 4) is 5.75 Å². The maximum Gasteiger partial charge on any atom is 0.321 e. The molecule has 4 rings (SSSR count). The lowest BCUT2D eigenvalue weighted by atomic mass is 9.99. The van der Waals surface area contributed by atoms with E-state index in [2.05, 4.69) is 21.1 Å². The number of anilines is 4. The summed E-state index contributed by atoms with van der Waals surface area (Å²) >= 11 is 0. The highest BCUT2D eigenvalue weighted by Gasteiger charge is 2.35. The molecule has 0 radical (unpaired) electrons. The van der Waals surface area contributed by atoms with E-state index in [1.807, 2.05) is 6.92 Å². The number of nitrogens with two attached hydrogens (primary N) is 1. The number of para-hydroxylation sites is 3. The lowest BCUT2D eigenvalue weighted by Gasteiger charge is -2.38.